The number of hydrogen-bond acceptors (Lipinski definition) is 7. The van der Waals surface area contributed by atoms with Crippen LogP contribution in [0.5, 0.6) is 10.9 Å². The number of nitrogens with zero attached hydrogens (tertiary/aromatic N) is 4. The Hall–Kier alpha value is -2.75. The lowest BCUT2D eigenvalue weighted by molar-refractivity contribution is 0.0457. The average molecular weight is 425 g/mol. The van der Waals surface area contributed by atoms with Gasteiger partial charge in [0.2, 0.25) is 0 Å². The number of primary amides is 1. The molecule has 0 saturated carbocycles. The van der Waals surface area contributed by atoms with Gasteiger partial charge < -0.3 is 10.5 Å². The summed E-state index contributed by atoms with van der Waals surface area (Å²) < 4.78 is 5.91. The molecule has 1 aromatic carbocycles. The van der Waals surface area contributed by atoms with E-state index >= 15 is 0 Å². The van der Waals surface area contributed by atoms with Crippen LogP contribution in [0.4, 0.5) is 4.79 Å². The first-order valence-electron chi connectivity index (χ1n) is 10.2. The van der Waals surface area contributed by atoms with E-state index < -0.39 is 6.03 Å². The van der Waals surface area contributed by atoms with E-state index in [1.165, 1.54) is 29.7 Å². The number of hydrogen-bond donors (Lipinski definition) is 2. The lowest BCUT2D eigenvalue weighted by atomic mass is 10.1. The first kappa shape index (κ1) is 19.2. The molecule has 156 valence electrons. The van der Waals surface area contributed by atoms with E-state index in [-0.39, 0.29) is 0 Å². The smallest absolute Gasteiger partial charge is 0.326 e. The Morgan fingerprint density at radius 1 is 1.20 bits per heavy atom. The Balaban J connectivity index is 1.16. The van der Waals surface area contributed by atoms with Crippen molar-refractivity contribution in [3.63, 3.8) is 0 Å². The summed E-state index contributed by atoms with van der Waals surface area (Å²) in [6.07, 6.45) is 5.10. The fourth-order valence-electron chi connectivity index (χ4n) is 4.48. The topological polar surface area (TPSA) is 96.6 Å². The molecule has 9 heteroatoms. The number of pyridine rings is 1. The lowest BCUT2D eigenvalue weighted by Gasteiger charge is -2.40. The molecular weight excluding hydrogens is 400 g/mol. The molecule has 5 rings (SSSR count). The molecule has 2 saturated heterocycles. The number of hydrazine groups is 1. The van der Waals surface area contributed by atoms with E-state index in [4.69, 9.17) is 10.5 Å². The van der Waals surface area contributed by atoms with Gasteiger partial charge in [0.15, 0.2) is 0 Å². The molecule has 0 radical (unpaired) electrons. The van der Waals surface area contributed by atoms with E-state index in [9.17, 15) is 4.79 Å². The minimum atomic E-state index is -0.479. The minimum Gasteiger partial charge on any atom is -0.431 e. The number of urea groups is 1. The summed E-state index contributed by atoms with van der Waals surface area (Å²) in [5, 5.41) is 2.57. The normalized spacial score (nSPS) is 21.7. The second-order valence-corrected chi connectivity index (χ2v) is 8.75. The van der Waals surface area contributed by atoms with Crippen molar-refractivity contribution >= 4 is 27.7 Å². The number of piperazine rings is 1. The fourth-order valence-corrected chi connectivity index (χ4v) is 5.26. The van der Waals surface area contributed by atoms with Crippen LogP contribution in [0.2, 0.25) is 0 Å². The van der Waals surface area contributed by atoms with Crippen molar-refractivity contribution in [3.05, 3.63) is 48.2 Å². The maximum atomic E-state index is 11.1. The maximum absolute atomic E-state index is 11.1. The Morgan fingerprint density at radius 2 is 1.97 bits per heavy atom. The van der Waals surface area contributed by atoms with Crippen LogP contribution in [-0.2, 0) is 6.42 Å². The summed E-state index contributed by atoms with van der Waals surface area (Å²) in [4.78, 5) is 23.4. The first-order chi connectivity index (χ1) is 14.6. The number of ether oxygens (including phenoxy) is 1. The standard InChI is InChI=1S/C21H24N6O2S/c22-20(28)25-26-12-15-5-6-16(13-26)27(15)11-9-14-3-7-17(8-4-14)29-21-24-18-2-1-10-23-19(18)30-21/h1-4,7-8,10,15-16H,5-6,9,11-13H2,(H3,22,25,28)/t15-,16+. The van der Waals surface area contributed by atoms with Gasteiger partial charge in [0.25, 0.3) is 5.19 Å². The second kappa shape index (κ2) is 8.17. The summed E-state index contributed by atoms with van der Waals surface area (Å²) in [6.45, 7) is 2.69. The van der Waals surface area contributed by atoms with Crippen molar-refractivity contribution in [2.75, 3.05) is 19.6 Å². The molecule has 2 bridgehead atoms. The molecule has 30 heavy (non-hydrogen) atoms. The molecule has 8 nitrogen and oxygen atoms in total. The molecular formula is C21H24N6O2S. The lowest BCUT2D eigenvalue weighted by Crippen LogP contribution is -2.59. The third-order valence-corrected chi connectivity index (χ3v) is 6.69. The van der Waals surface area contributed by atoms with Gasteiger partial charge in [-0.05, 0) is 49.1 Å². The Labute approximate surface area is 178 Å². The van der Waals surface area contributed by atoms with E-state index in [0.717, 1.165) is 42.2 Å². The molecule has 0 unspecified atom stereocenters. The van der Waals surface area contributed by atoms with Crippen LogP contribution >= 0.6 is 11.3 Å². The van der Waals surface area contributed by atoms with E-state index in [1.807, 2.05) is 29.3 Å². The molecule has 2 fully saturated rings. The van der Waals surface area contributed by atoms with Gasteiger partial charge in [0.05, 0.1) is 0 Å². The molecule has 0 aliphatic carbocycles. The Morgan fingerprint density at radius 3 is 2.67 bits per heavy atom. The van der Waals surface area contributed by atoms with Gasteiger partial charge in [-0.1, -0.05) is 23.5 Å². The number of rotatable bonds is 6. The van der Waals surface area contributed by atoms with Crippen molar-refractivity contribution in [1.82, 2.24) is 25.3 Å². The van der Waals surface area contributed by atoms with Gasteiger partial charge in [-0.15, -0.1) is 0 Å². The highest BCUT2D eigenvalue weighted by Crippen LogP contribution is 2.31. The molecule has 4 heterocycles. The van der Waals surface area contributed by atoms with Crippen LogP contribution in [0.1, 0.15) is 18.4 Å². The molecule has 3 N–H and O–H groups in total. The number of nitrogens with two attached hydrogens (primary N) is 1. The van der Waals surface area contributed by atoms with E-state index in [2.05, 4.69) is 32.4 Å². The molecule has 2 amide bonds. The zero-order valence-corrected chi connectivity index (χ0v) is 17.3. The number of aromatic nitrogens is 2. The van der Waals surface area contributed by atoms with Crippen molar-refractivity contribution in [3.8, 4) is 10.9 Å². The van der Waals surface area contributed by atoms with Crippen molar-refractivity contribution in [1.29, 1.82) is 0 Å². The van der Waals surface area contributed by atoms with Crippen molar-refractivity contribution in [2.45, 2.75) is 31.3 Å². The summed E-state index contributed by atoms with van der Waals surface area (Å²) in [6, 6.07) is 12.5. The van der Waals surface area contributed by atoms with Gasteiger partial charge in [-0.25, -0.2) is 19.8 Å². The molecule has 2 atom stereocenters. The Bertz CT molecular complexity index is 992. The predicted molar refractivity (Wildman–Crippen MR) is 115 cm³/mol. The van der Waals surface area contributed by atoms with Crippen molar-refractivity contribution in [2.24, 2.45) is 5.73 Å². The largest absolute Gasteiger partial charge is 0.431 e. The number of benzene rings is 1. The van der Waals surface area contributed by atoms with Gasteiger partial charge >= 0.3 is 6.03 Å². The third-order valence-electron chi connectivity index (χ3n) is 5.84. The van der Waals surface area contributed by atoms with Crippen LogP contribution in [-0.4, -0.2) is 57.6 Å². The fraction of sp³-hybridized carbons (Fsp3) is 0.381. The average Bonchev–Trinajstić information content (AvgIpc) is 3.24. The molecule has 2 aliphatic heterocycles. The molecule has 0 spiro atoms. The van der Waals surface area contributed by atoms with Crippen LogP contribution in [0.25, 0.3) is 10.3 Å². The number of nitrogens with one attached hydrogen (secondary N) is 1. The quantitative estimate of drug-likeness (QED) is 0.632. The van der Waals surface area contributed by atoms with Gasteiger partial charge in [-0.2, -0.15) is 0 Å². The first-order valence-corrected chi connectivity index (χ1v) is 11.0. The van der Waals surface area contributed by atoms with Crippen LogP contribution in [0.3, 0.4) is 0 Å². The van der Waals surface area contributed by atoms with Crippen LogP contribution in [0, 0.1) is 0 Å². The minimum absolute atomic E-state index is 0.478. The second-order valence-electron chi connectivity index (χ2n) is 7.81. The number of carbonyl (C=O) groups excluding carboxylic acids is 1. The summed E-state index contributed by atoms with van der Waals surface area (Å²) in [5.41, 5.74) is 10.1. The molecule has 2 aromatic heterocycles. The maximum Gasteiger partial charge on any atom is 0.326 e. The van der Waals surface area contributed by atoms with Gasteiger partial charge in [0, 0.05) is 37.9 Å². The predicted octanol–water partition coefficient (Wildman–Crippen LogP) is 2.76. The van der Waals surface area contributed by atoms with E-state index in [1.54, 1.807) is 6.20 Å². The number of amides is 2. The summed E-state index contributed by atoms with van der Waals surface area (Å²) in [7, 11) is 0. The summed E-state index contributed by atoms with van der Waals surface area (Å²) in [5.74, 6) is 0.781. The zero-order valence-electron chi connectivity index (χ0n) is 16.5. The van der Waals surface area contributed by atoms with Crippen LogP contribution < -0.4 is 15.9 Å². The number of fused-ring (bicyclic) bond motifs is 3. The van der Waals surface area contributed by atoms with Crippen molar-refractivity contribution < 1.29 is 9.53 Å². The highest BCUT2D eigenvalue weighted by molar-refractivity contribution is 7.19. The van der Waals surface area contributed by atoms with Gasteiger partial charge in [-0.3, -0.25) is 10.3 Å². The van der Waals surface area contributed by atoms with E-state index in [0.29, 0.717) is 17.3 Å². The third kappa shape index (κ3) is 4.09. The molecule has 2 aliphatic rings. The summed E-state index contributed by atoms with van der Waals surface area (Å²) >= 11 is 1.45. The number of carbonyl (C=O) groups is 1. The van der Waals surface area contributed by atoms with Crippen LogP contribution in [0.15, 0.2) is 42.6 Å². The molecule has 3 aromatic rings. The highest BCUT2D eigenvalue weighted by atomic mass is 32.1. The number of thiazole rings is 1. The highest BCUT2D eigenvalue weighted by Gasteiger charge is 2.39. The Kier molecular flexibility index (Phi) is 5.24. The zero-order chi connectivity index (χ0) is 20.5. The monoisotopic (exact) mass is 424 g/mol. The van der Waals surface area contributed by atoms with Gasteiger partial charge in [0.1, 0.15) is 16.1 Å². The SMILES string of the molecule is NC(=O)NN1C[C@H]2CC[C@@H](C1)N2CCc1ccc(Oc2nc3cccnc3s2)cc1.